The molecule has 4 nitrogen and oxygen atoms in total. The van der Waals surface area contributed by atoms with Crippen LogP contribution in [0.3, 0.4) is 0 Å². The average molecular weight is 368 g/mol. The Morgan fingerprint density at radius 1 is 1.08 bits per heavy atom. The molecule has 0 saturated heterocycles. The van der Waals surface area contributed by atoms with Crippen LogP contribution in [-0.2, 0) is 6.54 Å². The maximum atomic E-state index is 12.7. The van der Waals surface area contributed by atoms with Crippen LogP contribution in [0.25, 0.3) is 0 Å². The summed E-state index contributed by atoms with van der Waals surface area (Å²) in [5.41, 5.74) is 2.26. The summed E-state index contributed by atoms with van der Waals surface area (Å²) < 4.78 is 10.6. The fourth-order valence-electron chi connectivity index (χ4n) is 2.41. The number of carbonyl (C=O) groups is 1. The largest absolute Gasteiger partial charge is 0.493 e. The van der Waals surface area contributed by atoms with Gasteiger partial charge in [0.25, 0.3) is 5.91 Å². The maximum Gasteiger partial charge on any atom is 0.256 e. The molecule has 2 aromatic rings. The van der Waals surface area contributed by atoms with E-state index < -0.39 is 0 Å². The number of nitrogens with zero attached hydrogens (tertiary/aromatic N) is 1. The molecule has 0 heterocycles. The molecule has 1 amide bonds. The lowest BCUT2D eigenvalue weighted by Crippen LogP contribution is -2.27. The summed E-state index contributed by atoms with van der Waals surface area (Å²) in [7, 11) is 4.87. The van der Waals surface area contributed by atoms with Crippen LogP contribution in [0, 0.1) is 6.92 Å². The van der Waals surface area contributed by atoms with Gasteiger partial charge in [-0.25, -0.2) is 0 Å². The van der Waals surface area contributed by atoms with Gasteiger partial charge in [-0.05, 0) is 42.3 Å². The fraction of sp³-hybridized carbons (Fsp3) is 0.278. The normalized spacial score (nSPS) is 10.4. The molecule has 24 heavy (non-hydrogen) atoms. The number of hydrogen-bond acceptors (Lipinski definition) is 3. The Labute approximate surface area is 151 Å². The molecule has 0 aromatic heterocycles. The minimum Gasteiger partial charge on any atom is -0.493 e. The Hall–Kier alpha value is -1.91. The molecule has 128 valence electrons. The minimum absolute atomic E-state index is 0.236. The van der Waals surface area contributed by atoms with E-state index in [0.29, 0.717) is 33.7 Å². The zero-order valence-corrected chi connectivity index (χ0v) is 15.5. The van der Waals surface area contributed by atoms with Crippen LogP contribution in [0.15, 0.2) is 30.3 Å². The van der Waals surface area contributed by atoms with E-state index >= 15 is 0 Å². The second-order valence-corrected chi connectivity index (χ2v) is 6.21. The van der Waals surface area contributed by atoms with E-state index in [1.54, 1.807) is 44.4 Å². The zero-order valence-electron chi connectivity index (χ0n) is 14.0. The van der Waals surface area contributed by atoms with Gasteiger partial charge in [-0.3, -0.25) is 4.79 Å². The first-order chi connectivity index (χ1) is 11.4. The van der Waals surface area contributed by atoms with Gasteiger partial charge in [-0.15, -0.1) is 0 Å². The number of ether oxygens (including phenoxy) is 2. The van der Waals surface area contributed by atoms with Crippen molar-refractivity contribution in [3.63, 3.8) is 0 Å². The van der Waals surface area contributed by atoms with Gasteiger partial charge in [0.15, 0.2) is 11.5 Å². The van der Waals surface area contributed by atoms with E-state index in [1.165, 1.54) is 0 Å². The topological polar surface area (TPSA) is 38.8 Å². The highest BCUT2D eigenvalue weighted by molar-refractivity contribution is 6.39. The van der Waals surface area contributed by atoms with Crippen molar-refractivity contribution in [1.82, 2.24) is 4.90 Å². The molecule has 2 aromatic carbocycles. The van der Waals surface area contributed by atoms with Crippen LogP contribution < -0.4 is 9.47 Å². The van der Waals surface area contributed by atoms with Crippen molar-refractivity contribution in [3.8, 4) is 11.5 Å². The molecule has 0 spiro atoms. The van der Waals surface area contributed by atoms with Crippen molar-refractivity contribution in [2.75, 3.05) is 21.3 Å². The third kappa shape index (κ3) is 3.77. The lowest BCUT2D eigenvalue weighted by Gasteiger charge is -2.21. The molecule has 0 radical (unpaired) electrons. The second-order valence-electron chi connectivity index (χ2n) is 5.39. The monoisotopic (exact) mass is 367 g/mol. The van der Waals surface area contributed by atoms with Crippen molar-refractivity contribution in [1.29, 1.82) is 0 Å². The van der Waals surface area contributed by atoms with Gasteiger partial charge in [-0.2, -0.15) is 0 Å². The minimum atomic E-state index is -0.236. The smallest absolute Gasteiger partial charge is 0.256 e. The molecular formula is C18H19Cl2NO3. The summed E-state index contributed by atoms with van der Waals surface area (Å²) in [5.74, 6) is 1.04. The lowest BCUT2D eigenvalue weighted by atomic mass is 10.1. The molecule has 0 atom stereocenters. The molecule has 0 aliphatic heterocycles. The first-order valence-corrected chi connectivity index (χ1v) is 8.05. The standard InChI is InChI=1S/C18H19Cl2NO3/c1-11-8-15(23-3)16(24-4)9-12(11)10-21(2)18(22)17-13(19)6-5-7-14(17)20/h5-9H,10H2,1-4H3. The SMILES string of the molecule is COc1cc(C)c(CN(C)C(=O)c2c(Cl)cccc2Cl)cc1OC. The Balaban J connectivity index is 2.29. The number of hydrogen-bond donors (Lipinski definition) is 0. The Morgan fingerprint density at radius 3 is 2.17 bits per heavy atom. The molecule has 0 aliphatic carbocycles. The van der Waals surface area contributed by atoms with Crippen LogP contribution >= 0.6 is 23.2 Å². The van der Waals surface area contributed by atoms with Gasteiger partial charge >= 0.3 is 0 Å². The van der Waals surface area contributed by atoms with Gasteiger partial charge in [0.05, 0.1) is 29.8 Å². The third-order valence-electron chi connectivity index (χ3n) is 3.77. The Kier molecular flexibility index (Phi) is 5.97. The number of halogens is 2. The predicted molar refractivity (Wildman–Crippen MR) is 96.5 cm³/mol. The summed E-state index contributed by atoms with van der Waals surface area (Å²) in [6.45, 7) is 2.35. The van der Waals surface area contributed by atoms with Crippen molar-refractivity contribution in [2.45, 2.75) is 13.5 Å². The van der Waals surface area contributed by atoms with E-state index in [-0.39, 0.29) is 5.91 Å². The van der Waals surface area contributed by atoms with Gasteiger partial charge in [0.1, 0.15) is 0 Å². The number of benzene rings is 2. The van der Waals surface area contributed by atoms with Gasteiger partial charge in [0.2, 0.25) is 0 Å². The number of methoxy groups -OCH3 is 2. The highest BCUT2D eigenvalue weighted by Crippen LogP contribution is 2.31. The summed E-state index contributed by atoms with van der Waals surface area (Å²) in [6.07, 6.45) is 0. The van der Waals surface area contributed by atoms with E-state index in [1.807, 2.05) is 19.1 Å². The number of rotatable bonds is 5. The van der Waals surface area contributed by atoms with Crippen LogP contribution in [0.1, 0.15) is 21.5 Å². The van der Waals surface area contributed by atoms with Crippen LogP contribution in [0.5, 0.6) is 11.5 Å². The van der Waals surface area contributed by atoms with Crippen LogP contribution in [-0.4, -0.2) is 32.1 Å². The average Bonchev–Trinajstić information content (AvgIpc) is 2.55. The van der Waals surface area contributed by atoms with Crippen molar-refractivity contribution in [3.05, 3.63) is 57.1 Å². The Morgan fingerprint density at radius 2 is 1.62 bits per heavy atom. The van der Waals surface area contributed by atoms with Crippen LogP contribution in [0.2, 0.25) is 10.0 Å². The zero-order chi connectivity index (χ0) is 17.9. The number of carbonyl (C=O) groups excluding carboxylic acids is 1. The van der Waals surface area contributed by atoms with E-state index in [9.17, 15) is 4.79 Å². The summed E-state index contributed by atoms with van der Waals surface area (Å²) in [4.78, 5) is 14.3. The number of aryl methyl sites for hydroxylation is 1. The molecule has 6 heteroatoms. The van der Waals surface area contributed by atoms with Crippen molar-refractivity contribution < 1.29 is 14.3 Å². The van der Waals surface area contributed by atoms with E-state index in [2.05, 4.69) is 0 Å². The molecule has 2 rings (SSSR count). The molecule has 0 fully saturated rings. The molecule has 0 saturated carbocycles. The molecular weight excluding hydrogens is 349 g/mol. The van der Waals surface area contributed by atoms with Gasteiger partial charge < -0.3 is 14.4 Å². The van der Waals surface area contributed by atoms with E-state index in [0.717, 1.165) is 11.1 Å². The molecule has 0 aliphatic rings. The second kappa shape index (κ2) is 7.77. The first-order valence-electron chi connectivity index (χ1n) is 7.30. The summed E-state index contributed by atoms with van der Waals surface area (Å²) >= 11 is 12.2. The highest BCUT2D eigenvalue weighted by atomic mass is 35.5. The highest BCUT2D eigenvalue weighted by Gasteiger charge is 2.20. The lowest BCUT2D eigenvalue weighted by molar-refractivity contribution is 0.0785. The molecule has 0 N–H and O–H groups in total. The van der Waals surface area contributed by atoms with Crippen LogP contribution in [0.4, 0.5) is 0 Å². The molecule has 0 bridgehead atoms. The quantitative estimate of drug-likeness (QED) is 0.775. The Bertz CT molecular complexity index is 742. The maximum absolute atomic E-state index is 12.7. The van der Waals surface area contributed by atoms with E-state index in [4.69, 9.17) is 32.7 Å². The number of amides is 1. The molecule has 0 unspecified atom stereocenters. The van der Waals surface area contributed by atoms with Gasteiger partial charge in [0, 0.05) is 13.6 Å². The summed E-state index contributed by atoms with van der Waals surface area (Å²) in [5, 5.41) is 0.673. The fourth-order valence-corrected chi connectivity index (χ4v) is 2.97. The summed E-state index contributed by atoms with van der Waals surface area (Å²) in [6, 6.07) is 8.76. The van der Waals surface area contributed by atoms with Gasteiger partial charge in [-0.1, -0.05) is 29.3 Å². The first kappa shape index (κ1) is 18.4. The third-order valence-corrected chi connectivity index (χ3v) is 4.40. The van der Waals surface area contributed by atoms with Crippen molar-refractivity contribution in [2.24, 2.45) is 0 Å². The van der Waals surface area contributed by atoms with Crippen molar-refractivity contribution >= 4 is 29.1 Å². The predicted octanol–water partition coefficient (Wildman–Crippen LogP) is 4.59.